The third kappa shape index (κ3) is 3.39. The van der Waals surface area contributed by atoms with Gasteiger partial charge in [0.1, 0.15) is 11.8 Å². The number of nitrogen functional groups attached to an aromatic ring is 1. The Morgan fingerprint density at radius 2 is 2.06 bits per heavy atom. The van der Waals surface area contributed by atoms with Crippen LogP contribution >= 0.6 is 0 Å². The first kappa shape index (κ1) is 19.5. The molecule has 2 fully saturated rings. The Balaban J connectivity index is 1.56. The van der Waals surface area contributed by atoms with Crippen molar-refractivity contribution in [2.75, 3.05) is 19.3 Å². The first-order valence-corrected chi connectivity index (χ1v) is 10.5. The summed E-state index contributed by atoms with van der Waals surface area (Å²) < 4.78 is 0. The molecule has 5 rings (SSSR count). The molecule has 1 atom stereocenters. The quantitative estimate of drug-likeness (QED) is 0.626. The van der Waals surface area contributed by atoms with Gasteiger partial charge in [-0.15, -0.1) is 0 Å². The maximum atomic E-state index is 12.2. The molecule has 1 saturated heterocycles. The molecule has 3 heterocycles. The van der Waals surface area contributed by atoms with Gasteiger partial charge in [-0.2, -0.15) is 0 Å². The number of nitrogens with zero attached hydrogens (tertiary/aromatic N) is 4. The van der Waals surface area contributed by atoms with Crippen molar-refractivity contribution in [3.63, 3.8) is 0 Å². The number of carbonyl (C=O) groups is 1. The van der Waals surface area contributed by atoms with E-state index in [9.17, 15) is 9.90 Å². The highest BCUT2D eigenvalue weighted by Gasteiger charge is 2.42. The average molecular weight is 413 g/mol. The van der Waals surface area contributed by atoms with Gasteiger partial charge in [-0.25, -0.2) is 15.0 Å². The van der Waals surface area contributed by atoms with Crippen molar-refractivity contribution in [3.8, 4) is 23.1 Å². The van der Waals surface area contributed by atoms with Crippen LogP contribution in [-0.2, 0) is 4.79 Å². The lowest BCUT2D eigenvalue weighted by atomic mass is 9.79. The summed E-state index contributed by atoms with van der Waals surface area (Å²) in [5.74, 6) is 6.22. The van der Waals surface area contributed by atoms with Crippen LogP contribution in [0.25, 0.3) is 22.3 Å². The largest absolute Gasteiger partial charge is 0.382 e. The molecular weight excluding hydrogens is 390 g/mol. The van der Waals surface area contributed by atoms with Crippen LogP contribution in [-0.4, -0.2) is 50.1 Å². The molecule has 1 aliphatic carbocycles. The molecule has 0 radical (unpaired) electrons. The number of likely N-dealkylation sites (N-methyl/N-ethyl adjacent to an activating group) is 1. The lowest BCUT2D eigenvalue weighted by Gasteiger charge is -2.27. The number of hydrogen-bond donors (Lipinski definition) is 2. The normalized spacial score (nSPS) is 21.1. The number of amides is 1. The zero-order chi connectivity index (χ0) is 21.6. The predicted molar refractivity (Wildman–Crippen MR) is 118 cm³/mol. The lowest BCUT2D eigenvalue weighted by molar-refractivity contribution is -0.137. The molecule has 1 amide bonds. The smallest absolute Gasteiger partial charge is 0.267 e. The van der Waals surface area contributed by atoms with Gasteiger partial charge in [-0.05, 0) is 42.5 Å². The zero-order valence-corrected chi connectivity index (χ0v) is 17.3. The number of carbonyl (C=O) groups excluding carboxylic acids is 1. The van der Waals surface area contributed by atoms with Crippen molar-refractivity contribution >= 4 is 22.8 Å². The summed E-state index contributed by atoms with van der Waals surface area (Å²) in [5, 5.41) is 10.6. The molecule has 0 unspecified atom stereocenters. The molecule has 31 heavy (non-hydrogen) atoms. The molecule has 1 aliphatic heterocycles. The van der Waals surface area contributed by atoms with Gasteiger partial charge in [0.05, 0.1) is 11.2 Å². The highest BCUT2D eigenvalue weighted by molar-refractivity contribution is 5.91. The highest BCUT2D eigenvalue weighted by atomic mass is 16.3. The molecular formula is C24H23N5O2. The van der Waals surface area contributed by atoms with Gasteiger partial charge in [-0.1, -0.05) is 30.4 Å². The number of anilines is 1. The van der Waals surface area contributed by atoms with Crippen LogP contribution < -0.4 is 5.73 Å². The van der Waals surface area contributed by atoms with Crippen molar-refractivity contribution < 1.29 is 9.90 Å². The van der Waals surface area contributed by atoms with Gasteiger partial charge in [-0.3, -0.25) is 4.79 Å². The Morgan fingerprint density at radius 1 is 1.23 bits per heavy atom. The molecule has 3 N–H and O–H groups in total. The second-order valence-electron chi connectivity index (χ2n) is 8.35. The second-order valence-corrected chi connectivity index (χ2v) is 8.35. The van der Waals surface area contributed by atoms with Crippen LogP contribution in [0.2, 0.25) is 0 Å². The number of aromatic nitrogens is 3. The Labute approximate surface area is 180 Å². The number of pyridine rings is 1. The number of benzene rings is 1. The van der Waals surface area contributed by atoms with Crippen LogP contribution in [0.5, 0.6) is 0 Å². The van der Waals surface area contributed by atoms with E-state index in [1.54, 1.807) is 7.05 Å². The predicted octanol–water partition coefficient (Wildman–Crippen LogP) is 2.49. The molecule has 2 aliphatic rings. The number of fused-ring (bicyclic) bond motifs is 1. The van der Waals surface area contributed by atoms with E-state index in [4.69, 9.17) is 10.7 Å². The highest BCUT2D eigenvalue weighted by Crippen LogP contribution is 2.40. The molecule has 2 aromatic heterocycles. The van der Waals surface area contributed by atoms with E-state index in [2.05, 4.69) is 27.9 Å². The molecule has 156 valence electrons. The van der Waals surface area contributed by atoms with Gasteiger partial charge < -0.3 is 15.7 Å². The van der Waals surface area contributed by atoms with Gasteiger partial charge in [0, 0.05) is 31.1 Å². The van der Waals surface area contributed by atoms with Crippen LogP contribution in [0.4, 0.5) is 5.82 Å². The van der Waals surface area contributed by atoms with Gasteiger partial charge in [0.2, 0.25) is 5.60 Å². The lowest BCUT2D eigenvalue weighted by Crippen LogP contribution is -2.37. The molecule has 1 aromatic carbocycles. The molecule has 0 bridgehead atoms. The van der Waals surface area contributed by atoms with E-state index < -0.39 is 5.60 Å². The van der Waals surface area contributed by atoms with Crippen LogP contribution in [0.1, 0.15) is 42.7 Å². The number of rotatable bonds is 2. The minimum Gasteiger partial charge on any atom is -0.382 e. The van der Waals surface area contributed by atoms with Gasteiger partial charge >= 0.3 is 0 Å². The van der Waals surface area contributed by atoms with Crippen molar-refractivity contribution in [3.05, 3.63) is 47.8 Å². The minimum absolute atomic E-state index is 0.311. The monoisotopic (exact) mass is 413 g/mol. The third-order valence-electron chi connectivity index (χ3n) is 6.27. The van der Waals surface area contributed by atoms with Crippen LogP contribution in [0, 0.1) is 11.8 Å². The van der Waals surface area contributed by atoms with Gasteiger partial charge in [0.15, 0.2) is 5.82 Å². The Hall–Kier alpha value is -3.50. The topological polar surface area (TPSA) is 105 Å². The second kappa shape index (κ2) is 7.33. The SMILES string of the molecule is CN1CC[C@@](O)(C#Cc2cccc(-c3cc(C4CCC4)c4ncnc(N)c4n3)c2)C1=O. The number of aliphatic hydroxyl groups is 1. The Bertz CT molecular complexity index is 1260. The van der Waals surface area contributed by atoms with Crippen LogP contribution in [0.15, 0.2) is 36.7 Å². The zero-order valence-electron chi connectivity index (χ0n) is 17.3. The molecule has 7 nitrogen and oxygen atoms in total. The molecule has 1 saturated carbocycles. The third-order valence-corrected chi connectivity index (χ3v) is 6.27. The van der Waals surface area contributed by atoms with E-state index in [1.807, 2.05) is 24.3 Å². The summed E-state index contributed by atoms with van der Waals surface area (Å²) in [6.45, 7) is 0.499. The van der Waals surface area contributed by atoms with Crippen molar-refractivity contribution in [2.24, 2.45) is 0 Å². The van der Waals surface area contributed by atoms with Crippen molar-refractivity contribution in [1.29, 1.82) is 0 Å². The summed E-state index contributed by atoms with van der Waals surface area (Å²) in [7, 11) is 1.67. The van der Waals surface area contributed by atoms with E-state index in [1.165, 1.54) is 17.6 Å². The van der Waals surface area contributed by atoms with Gasteiger partial charge in [0.25, 0.3) is 5.91 Å². The Kier molecular flexibility index (Phi) is 4.60. The fourth-order valence-electron chi connectivity index (χ4n) is 4.16. The maximum absolute atomic E-state index is 12.2. The number of hydrogen-bond acceptors (Lipinski definition) is 6. The van der Waals surface area contributed by atoms with E-state index in [-0.39, 0.29) is 5.91 Å². The molecule has 7 heteroatoms. The maximum Gasteiger partial charge on any atom is 0.267 e. The minimum atomic E-state index is -1.62. The van der Waals surface area contributed by atoms with E-state index >= 15 is 0 Å². The summed E-state index contributed by atoms with van der Waals surface area (Å²) >= 11 is 0. The Morgan fingerprint density at radius 3 is 2.77 bits per heavy atom. The number of likely N-dealkylation sites (tertiary alicyclic amines) is 1. The fraction of sp³-hybridized carbons (Fsp3) is 0.333. The fourth-order valence-corrected chi connectivity index (χ4v) is 4.16. The molecule has 3 aromatic rings. The average Bonchev–Trinajstić information content (AvgIpc) is 3.00. The summed E-state index contributed by atoms with van der Waals surface area (Å²) in [5.41, 5.74) is 9.48. The number of nitrogens with two attached hydrogens (primary N) is 1. The van der Waals surface area contributed by atoms with Crippen LogP contribution in [0.3, 0.4) is 0 Å². The summed E-state index contributed by atoms with van der Waals surface area (Å²) in [6, 6.07) is 9.72. The van der Waals surface area contributed by atoms with Crippen molar-refractivity contribution in [2.45, 2.75) is 37.2 Å². The summed E-state index contributed by atoms with van der Waals surface area (Å²) in [4.78, 5) is 27.0. The van der Waals surface area contributed by atoms with E-state index in [0.717, 1.165) is 35.2 Å². The van der Waals surface area contributed by atoms with Crippen molar-refractivity contribution in [1.82, 2.24) is 19.9 Å². The standard InChI is InChI=1S/C24H23N5O2/c1-29-11-10-24(31,23(29)30)9-8-15-4-2-7-17(12-15)19-13-18(16-5-3-6-16)20-21(28-19)22(25)27-14-26-20/h2,4,7,12-14,16,31H,3,5-6,10-11H2,1H3,(H2,25,26,27)/t24-/m0/s1. The first-order chi connectivity index (χ1) is 14.9. The first-order valence-electron chi connectivity index (χ1n) is 10.5. The molecule has 0 spiro atoms. The summed E-state index contributed by atoms with van der Waals surface area (Å²) in [6.07, 6.45) is 5.28. The van der Waals surface area contributed by atoms with E-state index in [0.29, 0.717) is 35.8 Å².